The van der Waals surface area contributed by atoms with E-state index >= 15 is 0 Å². The average molecular weight is 206 g/mol. The molecule has 4 nitrogen and oxygen atoms in total. The zero-order valence-electron chi connectivity index (χ0n) is 7.97. The van der Waals surface area contributed by atoms with E-state index in [2.05, 4.69) is 0 Å². The molecular weight excluding hydrogens is 196 g/mol. The van der Waals surface area contributed by atoms with Crippen LogP contribution in [-0.4, -0.2) is 23.7 Å². The van der Waals surface area contributed by atoms with Gasteiger partial charge in [-0.2, -0.15) is 0 Å². The fraction of sp³-hybridized carbons (Fsp3) is 0.273. The van der Waals surface area contributed by atoms with Gasteiger partial charge in [-0.3, -0.25) is 9.59 Å². The number of ether oxygens (including phenoxy) is 1. The number of carboxylic acid groups (broad SMARTS) is 1. The van der Waals surface area contributed by atoms with Crippen LogP contribution < -0.4 is 0 Å². The second-order valence-corrected chi connectivity index (χ2v) is 3.59. The number of benzene rings is 1. The Morgan fingerprint density at radius 1 is 1.33 bits per heavy atom. The molecule has 1 saturated heterocycles. The molecule has 1 aromatic rings. The molecular formula is C11H10O4. The minimum absolute atomic E-state index is 0.0782. The lowest BCUT2D eigenvalue weighted by atomic mass is 9.80. The molecule has 0 aromatic heterocycles. The molecule has 1 N–H and O–H groups in total. The number of esters is 1. The van der Waals surface area contributed by atoms with Gasteiger partial charge in [-0.15, -0.1) is 0 Å². The first-order valence-corrected chi connectivity index (χ1v) is 4.60. The van der Waals surface area contributed by atoms with Crippen molar-refractivity contribution >= 4 is 11.9 Å². The smallest absolute Gasteiger partial charge is 0.318 e. The topological polar surface area (TPSA) is 63.6 Å². The lowest BCUT2D eigenvalue weighted by molar-refractivity contribution is -0.143. The molecule has 0 bridgehead atoms. The van der Waals surface area contributed by atoms with Crippen molar-refractivity contribution in [3.8, 4) is 0 Å². The van der Waals surface area contributed by atoms with E-state index in [1.807, 2.05) is 0 Å². The molecule has 4 heteroatoms. The van der Waals surface area contributed by atoms with Crippen molar-refractivity contribution < 1.29 is 19.4 Å². The minimum atomic E-state index is -1.20. The number of hydrogen-bond donors (Lipinski definition) is 1. The number of aliphatic carboxylic acids is 1. The maximum Gasteiger partial charge on any atom is 0.318 e. The normalized spacial score (nSPS) is 24.9. The number of hydrogen-bond acceptors (Lipinski definition) is 3. The number of carbonyl (C=O) groups is 2. The highest BCUT2D eigenvalue weighted by atomic mass is 16.5. The second kappa shape index (κ2) is 3.38. The summed E-state index contributed by atoms with van der Waals surface area (Å²) < 4.78 is 4.76. The zero-order chi connectivity index (χ0) is 10.9. The Balaban J connectivity index is 2.45. The van der Waals surface area contributed by atoms with Crippen molar-refractivity contribution in [3.05, 3.63) is 35.9 Å². The van der Waals surface area contributed by atoms with Crippen molar-refractivity contribution in [1.82, 2.24) is 0 Å². The van der Waals surface area contributed by atoms with Crippen LogP contribution in [0.15, 0.2) is 30.3 Å². The molecule has 1 aromatic carbocycles. The van der Waals surface area contributed by atoms with Crippen LogP contribution in [-0.2, 0) is 19.7 Å². The van der Waals surface area contributed by atoms with Crippen molar-refractivity contribution in [1.29, 1.82) is 0 Å². The van der Waals surface area contributed by atoms with Crippen molar-refractivity contribution in [3.63, 3.8) is 0 Å². The van der Waals surface area contributed by atoms with E-state index in [-0.39, 0.29) is 13.0 Å². The van der Waals surface area contributed by atoms with E-state index in [9.17, 15) is 14.7 Å². The van der Waals surface area contributed by atoms with Gasteiger partial charge in [-0.1, -0.05) is 30.3 Å². The van der Waals surface area contributed by atoms with E-state index in [0.717, 1.165) is 0 Å². The van der Waals surface area contributed by atoms with E-state index < -0.39 is 17.4 Å². The predicted molar refractivity (Wildman–Crippen MR) is 51.3 cm³/mol. The summed E-state index contributed by atoms with van der Waals surface area (Å²) in [4.78, 5) is 22.3. The fourth-order valence-corrected chi connectivity index (χ4v) is 1.76. The van der Waals surface area contributed by atoms with Gasteiger partial charge in [-0.05, 0) is 5.56 Å². The quantitative estimate of drug-likeness (QED) is 0.732. The van der Waals surface area contributed by atoms with Crippen LogP contribution in [0.25, 0.3) is 0 Å². The molecule has 0 radical (unpaired) electrons. The Hall–Kier alpha value is -1.84. The molecule has 1 aliphatic heterocycles. The predicted octanol–water partition coefficient (Wildman–Crippen LogP) is 0.956. The summed E-state index contributed by atoms with van der Waals surface area (Å²) >= 11 is 0. The minimum Gasteiger partial charge on any atom is -0.480 e. The van der Waals surface area contributed by atoms with E-state index in [1.165, 1.54) is 0 Å². The van der Waals surface area contributed by atoms with E-state index in [1.54, 1.807) is 30.3 Å². The van der Waals surface area contributed by atoms with E-state index in [0.29, 0.717) is 5.56 Å². The third-order valence-electron chi connectivity index (χ3n) is 2.66. The largest absolute Gasteiger partial charge is 0.480 e. The lowest BCUT2D eigenvalue weighted by Crippen LogP contribution is -2.36. The molecule has 1 heterocycles. The van der Waals surface area contributed by atoms with Crippen molar-refractivity contribution in [2.24, 2.45) is 0 Å². The first-order chi connectivity index (χ1) is 7.15. The van der Waals surface area contributed by atoms with Gasteiger partial charge in [0.25, 0.3) is 0 Å². The van der Waals surface area contributed by atoms with Gasteiger partial charge in [0, 0.05) is 0 Å². The first-order valence-electron chi connectivity index (χ1n) is 4.60. The number of carboxylic acids is 1. The van der Waals surface area contributed by atoms with Gasteiger partial charge < -0.3 is 9.84 Å². The third-order valence-corrected chi connectivity index (χ3v) is 2.66. The number of cyclic esters (lactones) is 1. The van der Waals surface area contributed by atoms with Gasteiger partial charge >= 0.3 is 11.9 Å². The molecule has 1 fully saturated rings. The SMILES string of the molecule is O=C1CC(C(=O)O)(c2ccccc2)CO1. The van der Waals surface area contributed by atoms with Gasteiger partial charge in [0.1, 0.15) is 12.0 Å². The van der Waals surface area contributed by atoms with Crippen LogP contribution in [0.5, 0.6) is 0 Å². The Bertz CT molecular complexity index is 398. The van der Waals surface area contributed by atoms with E-state index in [4.69, 9.17) is 4.74 Å². The highest BCUT2D eigenvalue weighted by molar-refractivity contribution is 5.90. The van der Waals surface area contributed by atoms with Crippen LogP contribution >= 0.6 is 0 Å². The molecule has 0 saturated carbocycles. The Morgan fingerprint density at radius 2 is 2.00 bits per heavy atom. The molecule has 1 aliphatic rings. The van der Waals surface area contributed by atoms with Crippen LogP contribution in [0.1, 0.15) is 12.0 Å². The number of carbonyl (C=O) groups excluding carboxylic acids is 1. The van der Waals surface area contributed by atoms with Crippen molar-refractivity contribution in [2.75, 3.05) is 6.61 Å². The number of rotatable bonds is 2. The highest BCUT2D eigenvalue weighted by Crippen LogP contribution is 2.33. The average Bonchev–Trinajstić information content (AvgIpc) is 2.63. The molecule has 1 unspecified atom stereocenters. The summed E-state index contributed by atoms with van der Waals surface area (Å²) in [6.45, 7) is -0.0782. The monoisotopic (exact) mass is 206 g/mol. The molecule has 2 rings (SSSR count). The summed E-state index contributed by atoms with van der Waals surface area (Å²) in [5.41, 5.74) is -0.582. The van der Waals surface area contributed by atoms with Gasteiger partial charge in [0.05, 0.1) is 6.42 Å². The standard InChI is InChI=1S/C11H10O4/c12-9-6-11(7-15-9,10(13)14)8-4-2-1-3-5-8/h1-5H,6-7H2,(H,13,14). The molecule has 1 atom stereocenters. The maximum absolute atomic E-state index is 11.2. The highest BCUT2D eigenvalue weighted by Gasteiger charge is 2.48. The Labute approximate surface area is 86.5 Å². The summed E-state index contributed by atoms with van der Waals surface area (Å²) in [5, 5.41) is 9.20. The van der Waals surface area contributed by atoms with Crippen LogP contribution in [0.4, 0.5) is 0 Å². The first kappa shape index (κ1) is 9.71. The lowest BCUT2D eigenvalue weighted by Gasteiger charge is -2.20. The third kappa shape index (κ3) is 1.48. The summed E-state index contributed by atoms with van der Waals surface area (Å²) in [6, 6.07) is 8.72. The van der Waals surface area contributed by atoms with Gasteiger partial charge in [0.2, 0.25) is 0 Å². The molecule has 78 valence electrons. The van der Waals surface area contributed by atoms with Gasteiger partial charge in [0.15, 0.2) is 0 Å². The summed E-state index contributed by atoms with van der Waals surface area (Å²) in [5.74, 6) is -1.47. The van der Waals surface area contributed by atoms with Crippen LogP contribution in [0.3, 0.4) is 0 Å². The molecule has 0 spiro atoms. The molecule has 0 amide bonds. The second-order valence-electron chi connectivity index (χ2n) is 3.59. The maximum atomic E-state index is 11.2. The van der Waals surface area contributed by atoms with Gasteiger partial charge in [-0.25, -0.2) is 0 Å². The molecule has 15 heavy (non-hydrogen) atoms. The van der Waals surface area contributed by atoms with Crippen LogP contribution in [0.2, 0.25) is 0 Å². The zero-order valence-corrected chi connectivity index (χ0v) is 7.97. The Kier molecular flexibility index (Phi) is 2.19. The fourth-order valence-electron chi connectivity index (χ4n) is 1.76. The van der Waals surface area contributed by atoms with Crippen molar-refractivity contribution in [2.45, 2.75) is 11.8 Å². The summed E-state index contributed by atoms with van der Waals surface area (Å²) in [6.07, 6.45) is -0.0909. The summed E-state index contributed by atoms with van der Waals surface area (Å²) in [7, 11) is 0. The Morgan fingerprint density at radius 3 is 2.47 bits per heavy atom. The van der Waals surface area contributed by atoms with Crippen LogP contribution in [0, 0.1) is 0 Å². The molecule has 0 aliphatic carbocycles.